The highest BCUT2D eigenvalue weighted by Crippen LogP contribution is 2.32. The van der Waals surface area contributed by atoms with Gasteiger partial charge in [-0.05, 0) is 50.7 Å². The fourth-order valence-electron chi connectivity index (χ4n) is 3.72. The van der Waals surface area contributed by atoms with Gasteiger partial charge in [0.1, 0.15) is 11.4 Å². The number of likely N-dealkylation sites (N-methyl/N-ethyl adjacent to an activating group) is 1. The number of piperidine rings is 1. The molecule has 1 aliphatic heterocycles. The number of nitrogens with one attached hydrogen (secondary N) is 1. The molecule has 0 amide bonds. The third-order valence-corrected chi connectivity index (χ3v) is 5.01. The highest BCUT2D eigenvalue weighted by Gasteiger charge is 2.31. The van der Waals surface area contributed by atoms with Crippen molar-refractivity contribution in [3.63, 3.8) is 0 Å². The van der Waals surface area contributed by atoms with E-state index in [9.17, 15) is 13.2 Å². The van der Waals surface area contributed by atoms with Crippen LogP contribution in [-0.4, -0.2) is 47.6 Å². The number of nitrogens with zero attached hydrogens (tertiary/aromatic N) is 3. The number of rotatable bonds is 4. The number of hydrogen-bond acceptors (Lipinski definition) is 5. The number of halogens is 3. The first kappa shape index (κ1) is 19.4. The Balaban J connectivity index is 1.64. The second kappa shape index (κ2) is 7.87. The van der Waals surface area contributed by atoms with Crippen LogP contribution in [0.4, 0.5) is 19.0 Å². The summed E-state index contributed by atoms with van der Waals surface area (Å²) in [5.74, 6) is 0.458. The third-order valence-electron chi connectivity index (χ3n) is 5.01. The van der Waals surface area contributed by atoms with Gasteiger partial charge >= 0.3 is 6.36 Å². The van der Waals surface area contributed by atoms with E-state index in [2.05, 4.69) is 32.2 Å². The first-order valence-electron chi connectivity index (χ1n) is 9.46. The monoisotopic (exact) mass is 402 g/mol. The molecule has 1 fully saturated rings. The smallest absolute Gasteiger partial charge is 0.406 e. The fourth-order valence-corrected chi connectivity index (χ4v) is 3.72. The molecule has 5 nitrogen and oxygen atoms in total. The summed E-state index contributed by atoms with van der Waals surface area (Å²) in [6.07, 6.45) is -2.51. The molecule has 0 bridgehead atoms. The van der Waals surface area contributed by atoms with Crippen LogP contribution < -0.4 is 10.1 Å². The van der Waals surface area contributed by atoms with E-state index in [0.29, 0.717) is 17.3 Å². The molecule has 0 unspecified atom stereocenters. The van der Waals surface area contributed by atoms with E-state index in [1.54, 1.807) is 12.1 Å². The lowest BCUT2D eigenvalue weighted by atomic mass is 10.0. The zero-order chi connectivity index (χ0) is 20.4. The van der Waals surface area contributed by atoms with Gasteiger partial charge in [0.15, 0.2) is 5.82 Å². The summed E-state index contributed by atoms with van der Waals surface area (Å²) in [4.78, 5) is 2.29. The first-order valence-corrected chi connectivity index (χ1v) is 9.46. The summed E-state index contributed by atoms with van der Waals surface area (Å²) >= 11 is 0. The summed E-state index contributed by atoms with van der Waals surface area (Å²) in [5, 5.41) is 14.1. The van der Waals surface area contributed by atoms with Gasteiger partial charge in [-0.1, -0.05) is 24.3 Å². The van der Waals surface area contributed by atoms with Crippen molar-refractivity contribution in [3.8, 4) is 17.0 Å². The van der Waals surface area contributed by atoms with E-state index in [4.69, 9.17) is 0 Å². The molecule has 8 heteroatoms. The number of benzene rings is 2. The van der Waals surface area contributed by atoms with Crippen molar-refractivity contribution in [2.75, 3.05) is 25.5 Å². The number of alkyl halides is 3. The van der Waals surface area contributed by atoms with Crippen LogP contribution in [0.2, 0.25) is 0 Å². The van der Waals surface area contributed by atoms with Crippen molar-refractivity contribution in [2.45, 2.75) is 25.2 Å². The Kier molecular flexibility index (Phi) is 5.27. The van der Waals surface area contributed by atoms with Crippen LogP contribution in [0.25, 0.3) is 22.0 Å². The Morgan fingerprint density at radius 1 is 1.03 bits per heavy atom. The lowest BCUT2D eigenvalue weighted by molar-refractivity contribution is -0.274. The molecule has 0 radical (unpaired) electrons. The quantitative estimate of drug-likeness (QED) is 0.686. The van der Waals surface area contributed by atoms with E-state index in [1.807, 2.05) is 24.3 Å². The van der Waals surface area contributed by atoms with Gasteiger partial charge in [-0.3, -0.25) is 0 Å². The topological polar surface area (TPSA) is 50.3 Å². The molecular formula is C21H21F3N4O. The van der Waals surface area contributed by atoms with Crippen LogP contribution in [0.1, 0.15) is 12.8 Å². The van der Waals surface area contributed by atoms with Gasteiger partial charge in [-0.25, -0.2) is 0 Å². The SMILES string of the molecule is CN1CCC[C@@H](Nc2nnc(-c3ccc(OC(F)(F)F)cc3)c3ccccc23)C1. The summed E-state index contributed by atoms with van der Waals surface area (Å²) in [5.41, 5.74) is 1.29. The van der Waals surface area contributed by atoms with E-state index >= 15 is 0 Å². The molecule has 1 N–H and O–H groups in total. The average molecular weight is 402 g/mol. The molecular weight excluding hydrogens is 381 g/mol. The predicted molar refractivity (Wildman–Crippen MR) is 106 cm³/mol. The standard InChI is InChI=1S/C21H21F3N4O/c1-28-12-4-5-15(13-28)25-20-18-7-3-2-6-17(18)19(26-27-20)14-8-10-16(11-9-14)29-21(22,23)24/h2-3,6-11,15H,4-5,12-13H2,1H3,(H,25,27)/t15-/m1/s1. The summed E-state index contributed by atoms with van der Waals surface area (Å²) in [6.45, 7) is 2.04. The molecule has 1 atom stereocenters. The normalized spacial score (nSPS) is 18.0. The van der Waals surface area contributed by atoms with Gasteiger partial charge in [0, 0.05) is 28.9 Å². The molecule has 1 saturated heterocycles. The minimum Gasteiger partial charge on any atom is -0.406 e. The third kappa shape index (κ3) is 4.59. The van der Waals surface area contributed by atoms with Crippen LogP contribution in [0.15, 0.2) is 48.5 Å². The molecule has 152 valence electrons. The Morgan fingerprint density at radius 3 is 2.45 bits per heavy atom. The maximum absolute atomic E-state index is 12.4. The molecule has 0 aliphatic carbocycles. The second-order valence-corrected chi connectivity index (χ2v) is 7.26. The second-order valence-electron chi connectivity index (χ2n) is 7.26. The van der Waals surface area contributed by atoms with E-state index in [1.165, 1.54) is 12.1 Å². The number of fused-ring (bicyclic) bond motifs is 1. The van der Waals surface area contributed by atoms with Crippen LogP contribution >= 0.6 is 0 Å². The summed E-state index contributed by atoms with van der Waals surface area (Å²) in [6, 6.07) is 13.7. The molecule has 4 rings (SSSR count). The van der Waals surface area contributed by atoms with Gasteiger partial charge in [0.2, 0.25) is 0 Å². The first-order chi connectivity index (χ1) is 13.9. The van der Waals surface area contributed by atoms with Gasteiger partial charge in [0.05, 0.1) is 0 Å². The molecule has 1 aliphatic rings. The van der Waals surface area contributed by atoms with Crippen LogP contribution in [-0.2, 0) is 0 Å². The highest BCUT2D eigenvalue weighted by atomic mass is 19.4. The van der Waals surface area contributed by atoms with Crippen molar-refractivity contribution in [1.29, 1.82) is 0 Å². The zero-order valence-corrected chi connectivity index (χ0v) is 15.9. The minimum absolute atomic E-state index is 0.266. The van der Waals surface area contributed by atoms with Gasteiger partial charge in [-0.15, -0.1) is 23.4 Å². The molecule has 2 heterocycles. The molecule has 2 aromatic carbocycles. The Morgan fingerprint density at radius 2 is 1.76 bits per heavy atom. The van der Waals surface area contributed by atoms with E-state index in [0.717, 1.165) is 42.5 Å². The Bertz CT molecular complexity index is 991. The Labute approximate surface area is 166 Å². The minimum atomic E-state index is -4.71. The maximum Gasteiger partial charge on any atom is 0.573 e. The molecule has 29 heavy (non-hydrogen) atoms. The van der Waals surface area contributed by atoms with Crippen LogP contribution in [0.5, 0.6) is 5.75 Å². The average Bonchev–Trinajstić information content (AvgIpc) is 2.68. The van der Waals surface area contributed by atoms with Gasteiger partial charge in [-0.2, -0.15) is 0 Å². The summed E-state index contributed by atoms with van der Waals surface area (Å²) in [7, 11) is 2.10. The maximum atomic E-state index is 12.4. The summed E-state index contributed by atoms with van der Waals surface area (Å²) < 4.78 is 41.1. The lowest BCUT2D eigenvalue weighted by Crippen LogP contribution is -2.40. The number of ether oxygens (including phenoxy) is 1. The zero-order valence-electron chi connectivity index (χ0n) is 15.9. The predicted octanol–water partition coefficient (Wildman–Crippen LogP) is 4.70. The van der Waals surface area contributed by atoms with E-state index < -0.39 is 6.36 Å². The highest BCUT2D eigenvalue weighted by molar-refractivity contribution is 6.00. The Hall–Kier alpha value is -2.87. The number of aromatic nitrogens is 2. The fraction of sp³-hybridized carbons (Fsp3) is 0.333. The lowest BCUT2D eigenvalue weighted by Gasteiger charge is -2.30. The number of likely N-dealkylation sites (tertiary alicyclic amines) is 1. The van der Waals surface area contributed by atoms with Gasteiger partial charge < -0.3 is 15.0 Å². The van der Waals surface area contributed by atoms with Crippen molar-refractivity contribution in [2.24, 2.45) is 0 Å². The number of hydrogen-bond donors (Lipinski definition) is 1. The van der Waals surface area contributed by atoms with Crippen LogP contribution in [0.3, 0.4) is 0 Å². The number of anilines is 1. The van der Waals surface area contributed by atoms with Crippen LogP contribution in [0, 0.1) is 0 Å². The van der Waals surface area contributed by atoms with Crippen molar-refractivity contribution in [1.82, 2.24) is 15.1 Å². The molecule has 1 aromatic heterocycles. The van der Waals surface area contributed by atoms with Crippen molar-refractivity contribution < 1.29 is 17.9 Å². The molecule has 3 aromatic rings. The van der Waals surface area contributed by atoms with Crippen molar-refractivity contribution in [3.05, 3.63) is 48.5 Å². The largest absolute Gasteiger partial charge is 0.573 e. The molecule has 0 saturated carbocycles. The van der Waals surface area contributed by atoms with Crippen molar-refractivity contribution >= 4 is 16.6 Å². The van der Waals surface area contributed by atoms with Gasteiger partial charge in [0.25, 0.3) is 0 Å². The van der Waals surface area contributed by atoms with E-state index in [-0.39, 0.29) is 5.75 Å². The molecule has 0 spiro atoms.